The minimum atomic E-state index is -0.136. The molecule has 7 heteroatoms. The first-order valence-electron chi connectivity index (χ1n) is 8.98. The van der Waals surface area contributed by atoms with Crippen molar-refractivity contribution in [3.8, 4) is 11.3 Å². The van der Waals surface area contributed by atoms with Crippen molar-refractivity contribution in [3.05, 3.63) is 70.9 Å². The Balaban J connectivity index is 1.72. The number of hydrogen-bond donors (Lipinski definition) is 1. The molecule has 28 heavy (non-hydrogen) atoms. The van der Waals surface area contributed by atoms with Crippen LogP contribution in [0, 0.1) is 0 Å². The number of benzene rings is 1. The van der Waals surface area contributed by atoms with E-state index in [9.17, 15) is 9.59 Å². The van der Waals surface area contributed by atoms with E-state index in [0.29, 0.717) is 22.6 Å². The minimum Gasteiger partial charge on any atom is -0.326 e. The molecule has 0 aliphatic heterocycles. The Morgan fingerprint density at radius 1 is 1.14 bits per heavy atom. The van der Waals surface area contributed by atoms with Gasteiger partial charge in [-0.2, -0.15) is 0 Å². The molecule has 4 rings (SSSR count). The van der Waals surface area contributed by atoms with Crippen molar-refractivity contribution in [1.29, 1.82) is 0 Å². The Kier molecular flexibility index (Phi) is 4.99. The second kappa shape index (κ2) is 7.74. The highest BCUT2D eigenvalue weighted by Gasteiger charge is 2.19. The number of amides is 1. The van der Waals surface area contributed by atoms with Crippen LogP contribution >= 0.6 is 11.3 Å². The lowest BCUT2D eigenvalue weighted by Gasteiger charge is -2.09. The Morgan fingerprint density at radius 2 is 2.04 bits per heavy atom. The molecule has 4 aromatic rings. The van der Waals surface area contributed by atoms with Crippen LogP contribution in [0.1, 0.15) is 35.1 Å². The van der Waals surface area contributed by atoms with Crippen LogP contribution in [0.3, 0.4) is 0 Å². The summed E-state index contributed by atoms with van der Waals surface area (Å²) in [6, 6.07) is 13.1. The van der Waals surface area contributed by atoms with Gasteiger partial charge in [0.15, 0.2) is 11.3 Å². The molecule has 0 aliphatic rings. The molecule has 0 saturated carbocycles. The Hall–Kier alpha value is -3.32. The zero-order valence-electron chi connectivity index (χ0n) is 15.3. The summed E-state index contributed by atoms with van der Waals surface area (Å²) in [5.41, 5.74) is 3.31. The van der Waals surface area contributed by atoms with Gasteiger partial charge < -0.3 is 5.32 Å². The molecule has 0 saturated heterocycles. The van der Waals surface area contributed by atoms with Gasteiger partial charge >= 0.3 is 0 Å². The first-order valence-corrected chi connectivity index (χ1v) is 9.86. The van der Waals surface area contributed by atoms with Crippen LogP contribution < -0.4 is 5.32 Å². The zero-order chi connectivity index (χ0) is 19.5. The number of anilines is 1. The molecular formula is C21H18N4O2S. The van der Waals surface area contributed by atoms with Gasteiger partial charge in [0.25, 0.3) is 0 Å². The summed E-state index contributed by atoms with van der Waals surface area (Å²) in [4.78, 5) is 33.9. The lowest BCUT2D eigenvalue weighted by Crippen LogP contribution is -2.10. The summed E-state index contributed by atoms with van der Waals surface area (Å²) < 4.78 is 1.80. The number of hydrogen-bond acceptors (Lipinski definition) is 5. The van der Waals surface area contributed by atoms with Gasteiger partial charge in [-0.15, -0.1) is 11.3 Å². The summed E-state index contributed by atoms with van der Waals surface area (Å²) in [6.07, 6.45) is 4.56. The molecule has 0 fully saturated rings. The number of thiophene rings is 1. The average Bonchev–Trinajstić information content (AvgIpc) is 3.38. The summed E-state index contributed by atoms with van der Waals surface area (Å²) in [7, 11) is 0. The topological polar surface area (TPSA) is 76.4 Å². The van der Waals surface area contributed by atoms with E-state index < -0.39 is 0 Å². The van der Waals surface area contributed by atoms with Crippen LogP contribution in [0.2, 0.25) is 0 Å². The number of aromatic nitrogens is 3. The molecule has 0 atom stereocenters. The predicted octanol–water partition coefficient (Wildman–Crippen LogP) is 4.43. The lowest BCUT2D eigenvalue weighted by atomic mass is 10.1. The second-order valence-electron chi connectivity index (χ2n) is 6.30. The summed E-state index contributed by atoms with van der Waals surface area (Å²) in [5, 5.41) is 4.77. The monoisotopic (exact) mass is 390 g/mol. The quantitative estimate of drug-likeness (QED) is 0.494. The molecule has 3 aromatic heterocycles. The van der Waals surface area contributed by atoms with Crippen molar-refractivity contribution in [2.75, 3.05) is 5.32 Å². The van der Waals surface area contributed by atoms with Gasteiger partial charge in [-0.1, -0.05) is 25.1 Å². The number of carbonyl (C=O) groups is 2. The molecule has 1 N–H and O–H groups in total. The summed E-state index contributed by atoms with van der Waals surface area (Å²) in [6.45, 7) is 1.97. The average molecular weight is 390 g/mol. The third kappa shape index (κ3) is 3.44. The first-order chi connectivity index (χ1) is 13.7. The normalized spacial score (nSPS) is 10.9. The molecule has 3 heterocycles. The predicted molar refractivity (Wildman–Crippen MR) is 110 cm³/mol. The standard InChI is InChI=1S/C21H18N4O2S/c1-2-5-18(26)24-15-7-3-6-14(12-15)16-9-10-22-21-19(23-13-25(16)21)20(27)17-8-4-11-28-17/h3-4,6-13H,2,5H2,1H3,(H,24,26). The van der Waals surface area contributed by atoms with Crippen LogP contribution in [0.15, 0.2) is 60.4 Å². The molecule has 6 nitrogen and oxygen atoms in total. The first kappa shape index (κ1) is 18.1. The molecule has 0 aliphatic carbocycles. The number of nitrogens with zero attached hydrogens (tertiary/aromatic N) is 3. The third-order valence-electron chi connectivity index (χ3n) is 4.31. The Bertz CT molecular complexity index is 1150. The summed E-state index contributed by atoms with van der Waals surface area (Å²) in [5.74, 6) is -0.145. The van der Waals surface area contributed by atoms with Crippen molar-refractivity contribution >= 4 is 34.4 Å². The maximum Gasteiger partial charge on any atom is 0.225 e. The van der Waals surface area contributed by atoms with E-state index >= 15 is 0 Å². The zero-order valence-corrected chi connectivity index (χ0v) is 16.1. The van der Waals surface area contributed by atoms with E-state index in [0.717, 1.165) is 23.4 Å². The van der Waals surface area contributed by atoms with Gasteiger partial charge in [0.1, 0.15) is 6.33 Å². The van der Waals surface area contributed by atoms with Crippen molar-refractivity contribution in [1.82, 2.24) is 14.4 Å². The molecule has 0 spiro atoms. The smallest absolute Gasteiger partial charge is 0.225 e. The SMILES string of the molecule is CCCC(=O)Nc1cccc(-c2ccnc3c(C(=O)c4cccs4)ncn23)c1. The third-order valence-corrected chi connectivity index (χ3v) is 5.18. The largest absolute Gasteiger partial charge is 0.326 e. The van der Waals surface area contributed by atoms with Gasteiger partial charge in [-0.25, -0.2) is 9.97 Å². The molecule has 140 valence electrons. The molecule has 0 unspecified atom stereocenters. The molecule has 0 bridgehead atoms. The fraction of sp³-hybridized carbons (Fsp3) is 0.143. The van der Waals surface area contributed by atoms with Crippen LogP contribution in [0.25, 0.3) is 16.9 Å². The van der Waals surface area contributed by atoms with Gasteiger partial charge in [-0.05, 0) is 36.1 Å². The minimum absolute atomic E-state index is 0.00835. The number of ketones is 1. The maximum atomic E-state index is 12.7. The number of carbonyl (C=O) groups excluding carboxylic acids is 2. The van der Waals surface area contributed by atoms with Gasteiger partial charge in [0.05, 0.1) is 10.6 Å². The van der Waals surface area contributed by atoms with Crippen molar-refractivity contribution in [2.45, 2.75) is 19.8 Å². The maximum absolute atomic E-state index is 12.7. The molecular weight excluding hydrogens is 372 g/mol. The van der Waals surface area contributed by atoms with Crippen LogP contribution in [-0.4, -0.2) is 26.1 Å². The van der Waals surface area contributed by atoms with E-state index in [-0.39, 0.29) is 11.7 Å². The van der Waals surface area contributed by atoms with Crippen LogP contribution in [0.4, 0.5) is 5.69 Å². The fourth-order valence-corrected chi connectivity index (χ4v) is 3.69. The van der Waals surface area contributed by atoms with Crippen LogP contribution in [-0.2, 0) is 4.79 Å². The number of rotatable bonds is 6. The number of nitrogens with one attached hydrogen (secondary N) is 1. The summed E-state index contributed by atoms with van der Waals surface area (Å²) >= 11 is 1.38. The Labute approximate surface area is 165 Å². The van der Waals surface area contributed by atoms with Crippen molar-refractivity contribution in [3.63, 3.8) is 0 Å². The fourth-order valence-electron chi connectivity index (χ4n) is 3.03. The van der Waals surface area contributed by atoms with Gasteiger partial charge in [-0.3, -0.25) is 14.0 Å². The van der Waals surface area contributed by atoms with Crippen LogP contribution in [0.5, 0.6) is 0 Å². The molecule has 1 aromatic carbocycles. The number of imidazole rings is 1. The van der Waals surface area contributed by atoms with Crippen molar-refractivity contribution < 1.29 is 9.59 Å². The van der Waals surface area contributed by atoms with Gasteiger partial charge in [0.2, 0.25) is 11.7 Å². The van der Waals surface area contributed by atoms with E-state index in [2.05, 4.69) is 15.3 Å². The highest BCUT2D eigenvalue weighted by molar-refractivity contribution is 7.12. The highest BCUT2D eigenvalue weighted by Crippen LogP contribution is 2.25. The molecule has 0 radical (unpaired) electrons. The van der Waals surface area contributed by atoms with E-state index in [1.807, 2.05) is 48.7 Å². The highest BCUT2D eigenvalue weighted by atomic mass is 32.1. The van der Waals surface area contributed by atoms with E-state index in [1.54, 1.807) is 23.0 Å². The Morgan fingerprint density at radius 3 is 2.82 bits per heavy atom. The van der Waals surface area contributed by atoms with Crippen molar-refractivity contribution in [2.24, 2.45) is 0 Å². The second-order valence-corrected chi connectivity index (χ2v) is 7.25. The number of fused-ring (bicyclic) bond motifs is 1. The molecule has 1 amide bonds. The van der Waals surface area contributed by atoms with E-state index in [1.165, 1.54) is 11.3 Å². The lowest BCUT2D eigenvalue weighted by molar-refractivity contribution is -0.116. The van der Waals surface area contributed by atoms with E-state index in [4.69, 9.17) is 0 Å². The van der Waals surface area contributed by atoms with Gasteiger partial charge in [0, 0.05) is 23.9 Å².